The van der Waals surface area contributed by atoms with Crippen molar-refractivity contribution in [1.29, 1.82) is 0 Å². The maximum atomic E-state index is 12.5. The van der Waals surface area contributed by atoms with Crippen molar-refractivity contribution < 1.29 is 22.7 Å². The van der Waals surface area contributed by atoms with Gasteiger partial charge in [0.2, 0.25) is 10.0 Å². The minimum absolute atomic E-state index is 0.0706. The zero-order valence-electron chi connectivity index (χ0n) is 15.7. The molecule has 0 spiro atoms. The fraction of sp³-hybridized carbons (Fsp3) is 0.350. The number of ether oxygens (including phenoxy) is 2. The molecule has 1 heterocycles. The third kappa shape index (κ3) is 5.09. The quantitative estimate of drug-likeness (QED) is 0.706. The number of sulfonamides is 1. The Morgan fingerprint density at radius 3 is 2.61 bits per heavy atom. The molecular weight excluding hydrogens is 380 g/mol. The maximum absolute atomic E-state index is 12.5. The van der Waals surface area contributed by atoms with E-state index in [0.29, 0.717) is 30.2 Å². The van der Waals surface area contributed by atoms with Gasteiger partial charge in [-0.25, -0.2) is 13.1 Å². The molecule has 1 amide bonds. The molecule has 1 fully saturated rings. The lowest BCUT2D eigenvalue weighted by molar-refractivity contribution is 0.102. The van der Waals surface area contributed by atoms with E-state index in [1.807, 2.05) is 6.92 Å². The van der Waals surface area contributed by atoms with E-state index in [4.69, 9.17) is 9.47 Å². The number of carbonyl (C=O) groups excluding carboxylic acids is 1. The third-order valence-electron chi connectivity index (χ3n) is 4.38. The summed E-state index contributed by atoms with van der Waals surface area (Å²) in [6.45, 7) is 3.23. The van der Waals surface area contributed by atoms with E-state index in [9.17, 15) is 13.2 Å². The number of nitrogens with one attached hydrogen (secondary N) is 2. The fourth-order valence-corrected chi connectivity index (χ4v) is 4.01. The highest BCUT2D eigenvalue weighted by atomic mass is 32.2. The smallest absolute Gasteiger partial charge is 0.259 e. The third-order valence-corrected chi connectivity index (χ3v) is 5.82. The number of para-hydroxylation sites is 1. The van der Waals surface area contributed by atoms with Gasteiger partial charge in [0.1, 0.15) is 5.75 Å². The van der Waals surface area contributed by atoms with Crippen LogP contribution in [0, 0.1) is 0 Å². The number of anilines is 1. The van der Waals surface area contributed by atoms with Crippen LogP contribution in [0.4, 0.5) is 5.69 Å². The Morgan fingerprint density at radius 1 is 1.18 bits per heavy atom. The van der Waals surface area contributed by atoms with Crippen molar-refractivity contribution in [3.05, 3.63) is 54.1 Å². The SMILES string of the molecule is CCOc1ccccc1C(=O)Nc1ccc(S(=O)(=O)NC[C@@H]2CCCO2)cc1. The Bertz CT molecular complexity index is 906. The summed E-state index contributed by atoms with van der Waals surface area (Å²) >= 11 is 0. The van der Waals surface area contributed by atoms with Gasteiger partial charge >= 0.3 is 0 Å². The monoisotopic (exact) mass is 404 g/mol. The van der Waals surface area contributed by atoms with E-state index in [1.54, 1.807) is 36.4 Å². The first-order valence-electron chi connectivity index (χ1n) is 9.24. The van der Waals surface area contributed by atoms with Gasteiger partial charge in [-0.2, -0.15) is 0 Å². The molecule has 0 unspecified atom stereocenters. The van der Waals surface area contributed by atoms with Crippen molar-refractivity contribution in [2.75, 3.05) is 25.1 Å². The Hall–Kier alpha value is -2.42. The van der Waals surface area contributed by atoms with Crippen molar-refractivity contribution in [1.82, 2.24) is 4.72 Å². The van der Waals surface area contributed by atoms with Crippen molar-refractivity contribution in [3.63, 3.8) is 0 Å². The number of amides is 1. The molecule has 1 saturated heterocycles. The molecule has 1 aliphatic rings. The van der Waals surface area contributed by atoms with Gasteiger partial charge in [-0.1, -0.05) is 12.1 Å². The lowest BCUT2D eigenvalue weighted by atomic mass is 10.2. The van der Waals surface area contributed by atoms with Crippen LogP contribution in [0.15, 0.2) is 53.4 Å². The van der Waals surface area contributed by atoms with Gasteiger partial charge in [-0.15, -0.1) is 0 Å². The van der Waals surface area contributed by atoms with E-state index in [1.165, 1.54) is 12.1 Å². The summed E-state index contributed by atoms with van der Waals surface area (Å²) in [5.74, 6) is 0.177. The lowest BCUT2D eigenvalue weighted by Gasteiger charge is -2.12. The van der Waals surface area contributed by atoms with Crippen molar-refractivity contribution >= 4 is 21.6 Å². The van der Waals surface area contributed by atoms with Crippen LogP contribution in [0.2, 0.25) is 0 Å². The Morgan fingerprint density at radius 2 is 1.93 bits per heavy atom. The van der Waals surface area contributed by atoms with Crippen LogP contribution < -0.4 is 14.8 Å². The van der Waals surface area contributed by atoms with Gasteiger partial charge in [0.15, 0.2) is 0 Å². The summed E-state index contributed by atoms with van der Waals surface area (Å²) in [6.07, 6.45) is 1.74. The summed E-state index contributed by atoms with van der Waals surface area (Å²) in [5, 5.41) is 2.76. The summed E-state index contributed by atoms with van der Waals surface area (Å²) < 4.78 is 38.2. The molecule has 28 heavy (non-hydrogen) atoms. The minimum Gasteiger partial charge on any atom is -0.493 e. The first-order valence-corrected chi connectivity index (χ1v) is 10.7. The molecule has 8 heteroatoms. The van der Waals surface area contributed by atoms with Crippen LogP contribution in [-0.2, 0) is 14.8 Å². The number of rotatable bonds is 8. The highest BCUT2D eigenvalue weighted by Gasteiger charge is 2.20. The van der Waals surface area contributed by atoms with Crippen LogP contribution in [0.1, 0.15) is 30.1 Å². The van der Waals surface area contributed by atoms with Crippen molar-refractivity contribution in [3.8, 4) is 5.75 Å². The molecule has 0 bridgehead atoms. The maximum Gasteiger partial charge on any atom is 0.259 e. The Balaban J connectivity index is 1.64. The zero-order valence-corrected chi connectivity index (χ0v) is 16.5. The molecule has 1 atom stereocenters. The molecule has 150 valence electrons. The van der Waals surface area contributed by atoms with Gasteiger partial charge in [0, 0.05) is 18.8 Å². The van der Waals surface area contributed by atoms with E-state index in [2.05, 4.69) is 10.0 Å². The summed E-state index contributed by atoms with van der Waals surface area (Å²) in [4.78, 5) is 12.6. The highest BCUT2D eigenvalue weighted by Crippen LogP contribution is 2.21. The summed E-state index contributed by atoms with van der Waals surface area (Å²) in [6, 6.07) is 13.0. The molecule has 0 saturated carbocycles. The van der Waals surface area contributed by atoms with Gasteiger partial charge in [0.25, 0.3) is 5.91 Å². The average molecular weight is 404 g/mol. The van der Waals surface area contributed by atoms with E-state index < -0.39 is 10.0 Å². The van der Waals surface area contributed by atoms with Gasteiger partial charge in [0.05, 0.1) is 23.2 Å². The highest BCUT2D eigenvalue weighted by molar-refractivity contribution is 7.89. The second-order valence-corrected chi connectivity index (χ2v) is 8.16. The average Bonchev–Trinajstić information content (AvgIpc) is 3.21. The number of carbonyl (C=O) groups is 1. The van der Waals surface area contributed by atoms with Gasteiger partial charge in [-0.05, 0) is 56.2 Å². The molecule has 2 aromatic carbocycles. The lowest BCUT2D eigenvalue weighted by Crippen LogP contribution is -2.31. The predicted octanol–water partition coefficient (Wildman–Crippen LogP) is 2.79. The molecule has 0 radical (unpaired) electrons. The van der Waals surface area contributed by atoms with Crippen LogP contribution in [0.3, 0.4) is 0 Å². The summed E-state index contributed by atoms with van der Waals surface area (Å²) in [5.41, 5.74) is 0.911. The fourth-order valence-electron chi connectivity index (χ4n) is 2.94. The topological polar surface area (TPSA) is 93.7 Å². The molecular formula is C20H24N2O5S. The second-order valence-electron chi connectivity index (χ2n) is 6.39. The van der Waals surface area contributed by atoms with E-state index in [-0.39, 0.29) is 23.5 Å². The minimum atomic E-state index is -3.62. The van der Waals surface area contributed by atoms with Crippen molar-refractivity contribution in [2.24, 2.45) is 0 Å². The molecule has 7 nitrogen and oxygen atoms in total. The molecule has 2 aromatic rings. The zero-order chi connectivity index (χ0) is 20.0. The van der Waals surface area contributed by atoms with Crippen LogP contribution in [0.5, 0.6) is 5.75 Å². The standard InChI is InChI=1S/C20H24N2O5S/c1-2-26-19-8-4-3-7-18(19)20(23)22-15-9-11-17(12-10-15)28(24,25)21-14-16-6-5-13-27-16/h3-4,7-12,16,21H,2,5-6,13-14H2,1H3,(H,22,23)/t16-/m0/s1. The molecule has 3 rings (SSSR count). The van der Waals surface area contributed by atoms with Gasteiger partial charge < -0.3 is 14.8 Å². The van der Waals surface area contributed by atoms with E-state index >= 15 is 0 Å². The molecule has 0 aromatic heterocycles. The van der Waals surface area contributed by atoms with Crippen LogP contribution >= 0.6 is 0 Å². The number of hydrogen-bond donors (Lipinski definition) is 2. The number of benzene rings is 2. The molecule has 0 aliphatic carbocycles. The normalized spacial score (nSPS) is 16.7. The van der Waals surface area contributed by atoms with E-state index in [0.717, 1.165) is 12.8 Å². The predicted molar refractivity (Wildman–Crippen MR) is 106 cm³/mol. The summed E-state index contributed by atoms with van der Waals surface area (Å²) in [7, 11) is -3.62. The second kappa shape index (κ2) is 9.18. The first-order chi connectivity index (χ1) is 13.5. The van der Waals surface area contributed by atoms with Gasteiger partial charge in [-0.3, -0.25) is 4.79 Å². The van der Waals surface area contributed by atoms with Crippen LogP contribution in [-0.4, -0.2) is 40.2 Å². The Kier molecular flexibility index (Phi) is 6.66. The molecule has 2 N–H and O–H groups in total. The number of hydrogen-bond acceptors (Lipinski definition) is 5. The molecule has 1 aliphatic heterocycles. The van der Waals surface area contributed by atoms with Crippen LogP contribution in [0.25, 0.3) is 0 Å². The Labute approximate surface area is 165 Å². The first kappa shape index (κ1) is 20.3. The largest absolute Gasteiger partial charge is 0.493 e. The van der Waals surface area contributed by atoms with Crippen molar-refractivity contribution in [2.45, 2.75) is 30.8 Å².